The zero-order valence-corrected chi connectivity index (χ0v) is 16.4. The highest BCUT2D eigenvalue weighted by Crippen LogP contribution is 2.30. The lowest BCUT2D eigenvalue weighted by Gasteiger charge is -2.23. The van der Waals surface area contributed by atoms with Gasteiger partial charge in [0, 0.05) is 10.0 Å². The minimum Gasteiger partial charge on any atom is -0.484 e. The summed E-state index contributed by atoms with van der Waals surface area (Å²) in [6, 6.07) is 13.5. The molecule has 0 saturated heterocycles. The van der Waals surface area contributed by atoms with Crippen LogP contribution in [0.4, 0.5) is 11.9 Å². The number of nitrogens with zero attached hydrogens (tertiary/aromatic N) is 3. The Morgan fingerprint density at radius 2 is 1.79 bits per heavy atom. The molecule has 0 bridgehead atoms. The number of hydrogen-bond acceptors (Lipinski definition) is 5. The summed E-state index contributed by atoms with van der Waals surface area (Å²) in [4.78, 5) is 28.4. The molecule has 2 amide bonds. The zero-order valence-electron chi connectivity index (χ0n) is 14.9. The van der Waals surface area contributed by atoms with Crippen molar-refractivity contribution in [3.63, 3.8) is 0 Å². The average molecular weight is 432 g/mol. The zero-order chi connectivity index (χ0) is 20.4. The Balaban J connectivity index is 1.46. The van der Waals surface area contributed by atoms with Crippen LogP contribution in [0.2, 0.25) is 10.0 Å². The lowest BCUT2D eigenvalue weighted by Crippen LogP contribution is -2.29. The predicted octanol–water partition coefficient (Wildman–Crippen LogP) is 3.53. The smallest absolute Gasteiger partial charge is 0.264 e. The Labute approximate surface area is 175 Å². The maximum absolute atomic E-state index is 12.2. The van der Waals surface area contributed by atoms with Gasteiger partial charge in [-0.2, -0.15) is 4.98 Å². The van der Waals surface area contributed by atoms with Gasteiger partial charge in [0.25, 0.3) is 11.9 Å². The lowest BCUT2D eigenvalue weighted by molar-refractivity contribution is -0.118. The van der Waals surface area contributed by atoms with Gasteiger partial charge in [-0.3, -0.25) is 20.2 Å². The first-order valence-electron chi connectivity index (χ1n) is 8.68. The summed E-state index contributed by atoms with van der Waals surface area (Å²) in [5.41, 5.74) is 0.861. The molecule has 3 aromatic rings. The van der Waals surface area contributed by atoms with E-state index in [1.165, 1.54) is 0 Å². The molecule has 4 rings (SSSR count). The third-order valence-corrected chi connectivity index (χ3v) is 4.75. The van der Waals surface area contributed by atoms with Gasteiger partial charge >= 0.3 is 0 Å². The molecular weight excluding hydrogens is 417 g/mol. The number of carbonyl (C=O) groups excluding carboxylic acids is 2. The number of ether oxygens (including phenoxy) is 1. The van der Waals surface area contributed by atoms with Gasteiger partial charge in [-0.25, -0.2) is 4.68 Å². The van der Waals surface area contributed by atoms with Crippen LogP contribution in [0.1, 0.15) is 18.0 Å². The summed E-state index contributed by atoms with van der Waals surface area (Å²) < 4.78 is 6.97. The Morgan fingerprint density at radius 1 is 1.14 bits per heavy atom. The fourth-order valence-electron chi connectivity index (χ4n) is 2.90. The summed E-state index contributed by atoms with van der Waals surface area (Å²) in [6.45, 7) is -0.224. The summed E-state index contributed by atoms with van der Waals surface area (Å²) in [7, 11) is 0. The minimum atomic E-state index is -0.433. The molecule has 1 aliphatic rings. The van der Waals surface area contributed by atoms with E-state index < -0.39 is 5.91 Å². The van der Waals surface area contributed by atoms with Crippen LogP contribution in [-0.4, -0.2) is 33.2 Å². The molecule has 0 saturated carbocycles. The fourth-order valence-corrected chi connectivity index (χ4v) is 3.15. The molecule has 148 valence electrons. The number of anilines is 2. The first kappa shape index (κ1) is 19.2. The second-order valence-corrected chi connectivity index (χ2v) is 7.19. The first-order valence-corrected chi connectivity index (χ1v) is 9.43. The van der Waals surface area contributed by atoms with E-state index in [-0.39, 0.29) is 36.9 Å². The molecule has 1 atom stereocenters. The fraction of sp³-hybridized carbons (Fsp3) is 0.158. The van der Waals surface area contributed by atoms with Crippen molar-refractivity contribution in [3.05, 3.63) is 64.1 Å². The summed E-state index contributed by atoms with van der Waals surface area (Å²) >= 11 is 11.8. The van der Waals surface area contributed by atoms with E-state index in [1.807, 2.05) is 12.1 Å². The molecule has 10 heteroatoms. The van der Waals surface area contributed by atoms with Gasteiger partial charge in [-0.1, -0.05) is 35.3 Å². The highest BCUT2D eigenvalue weighted by molar-refractivity contribution is 6.30. The second-order valence-electron chi connectivity index (χ2n) is 6.31. The van der Waals surface area contributed by atoms with E-state index in [9.17, 15) is 9.59 Å². The number of hydrogen-bond donors (Lipinski definition) is 2. The van der Waals surface area contributed by atoms with E-state index in [1.54, 1.807) is 41.1 Å². The van der Waals surface area contributed by atoms with Crippen LogP contribution in [-0.2, 0) is 9.59 Å². The average Bonchev–Trinajstić information content (AvgIpc) is 3.09. The highest BCUT2D eigenvalue weighted by atomic mass is 35.5. The van der Waals surface area contributed by atoms with Crippen LogP contribution in [0.5, 0.6) is 5.75 Å². The van der Waals surface area contributed by atoms with Crippen LogP contribution in [0.15, 0.2) is 48.5 Å². The molecule has 29 heavy (non-hydrogen) atoms. The van der Waals surface area contributed by atoms with Crippen molar-refractivity contribution in [2.45, 2.75) is 12.5 Å². The molecule has 8 nitrogen and oxygen atoms in total. The van der Waals surface area contributed by atoms with Gasteiger partial charge in [0.1, 0.15) is 5.75 Å². The number of benzene rings is 2. The summed E-state index contributed by atoms with van der Waals surface area (Å²) in [5, 5.41) is 10.7. The van der Waals surface area contributed by atoms with Crippen LogP contribution < -0.4 is 15.4 Å². The number of halogens is 2. The standard InChI is InChI=1S/C19H15Cl2N5O3/c20-12-3-1-11(2-4-12)15-9-16(27)23-19-24-18(25-26(15)19)22-17(28)10-29-14-7-5-13(21)6-8-14/h1-8,15H,9-10H2,(H2,22,23,24,25,27,28)/t15-/m0/s1. The lowest BCUT2D eigenvalue weighted by atomic mass is 10.0. The van der Waals surface area contributed by atoms with E-state index in [0.717, 1.165) is 5.56 Å². The predicted molar refractivity (Wildman–Crippen MR) is 108 cm³/mol. The Bertz CT molecular complexity index is 1050. The van der Waals surface area contributed by atoms with Crippen molar-refractivity contribution < 1.29 is 14.3 Å². The van der Waals surface area contributed by atoms with Crippen molar-refractivity contribution in [2.75, 3.05) is 17.2 Å². The van der Waals surface area contributed by atoms with Crippen molar-refractivity contribution >= 4 is 46.9 Å². The minimum absolute atomic E-state index is 0.0749. The van der Waals surface area contributed by atoms with Crippen LogP contribution >= 0.6 is 23.2 Å². The molecule has 0 fully saturated rings. The maximum atomic E-state index is 12.2. The molecular formula is C19H15Cl2N5O3. The first-order chi connectivity index (χ1) is 14.0. The Kier molecular flexibility index (Phi) is 5.37. The molecule has 1 aliphatic heterocycles. The van der Waals surface area contributed by atoms with Crippen molar-refractivity contribution in [1.82, 2.24) is 14.8 Å². The topological polar surface area (TPSA) is 98.1 Å². The molecule has 0 aliphatic carbocycles. The molecule has 0 unspecified atom stereocenters. The number of carbonyl (C=O) groups is 2. The largest absolute Gasteiger partial charge is 0.484 e. The molecule has 0 spiro atoms. The number of aromatic nitrogens is 3. The molecule has 0 radical (unpaired) electrons. The second kappa shape index (κ2) is 8.10. The Morgan fingerprint density at radius 3 is 2.48 bits per heavy atom. The summed E-state index contributed by atoms with van der Waals surface area (Å²) in [6.07, 6.45) is 0.199. The van der Waals surface area contributed by atoms with Crippen molar-refractivity contribution in [2.24, 2.45) is 0 Å². The summed E-state index contributed by atoms with van der Waals surface area (Å²) in [5.74, 6) is 0.226. The number of amides is 2. The third-order valence-electron chi connectivity index (χ3n) is 4.25. The van der Waals surface area contributed by atoms with E-state index in [4.69, 9.17) is 27.9 Å². The van der Waals surface area contributed by atoms with Gasteiger partial charge in [-0.05, 0) is 42.0 Å². The van der Waals surface area contributed by atoms with Gasteiger partial charge < -0.3 is 4.74 Å². The monoisotopic (exact) mass is 431 g/mol. The van der Waals surface area contributed by atoms with Crippen LogP contribution in [0.3, 0.4) is 0 Å². The van der Waals surface area contributed by atoms with Gasteiger partial charge in [0.15, 0.2) is 6.61 Å². The number of fused-ring (bicyclic) bond motifs is 1. The SMILES string of the molecule is O=C(COc1ccc(Cl)cc1)Nc1nc2n(n1)[C@H](c1ccc(Cl)cc1)CC(=O)N2. The molecule has 2 N–H and O–H groups in total. The van der Waals surface area contributed by atoms with Gasteiger partial charge in [-0.15, -0.1) is 5.10 Å². The normalized spacial score (nSPS) is 15.4. The van der Waals surface area contributed by atoms with Crippen LogP contribution in [0.25, 0.3) is 0 Å². The number of nitrogens with one attached hydrogen (secondary N) is 2. The maximum Gasteiger partial charge on any atom is 0.264 e. The van der Waals surface area contributed by atoms with E-state index in [0.29, 0.717) is 15.8 Å². The molecule has 2 heterocycles. The van der Waals surface area contributed by atoms with Crippen molar-refractivity contribution in [3.8, 4) is 5.75 Å². The molecule has 1 aromatic heterocycles. The quantitative estimate of drug-likeness (QED) is 0.643. The van der Waals surface area contributed by atoms with Gasteiger partial charge in [0.2, 0.25) is 11.9 Å². The van der Waals surface area contributed by atoms with Gasteiger partial charge in [0.05, 0.1) is 12.5 Å². The van der Waals surface area contributed by atoms with E-state index >= 15 is 0 Å². The molecule has 2 aromatic carbocycles. The van der Waals surface area contributed by atoms with E-state index in [2.05, 4.69) is 20.7 Å². The highest BCUT2D eigenvalue weighted by Gasteiger charge is 2.29. The number of rotatable bonds is 5. The van der Waals surface area contributed by atoms with Crippen LogP contribution in [0, 0.1) is 0 Å². The Hall–Kier alpha value is -3.10. The third kappa shape index (κ3) is 4.49. The van der Waals surface area contributed by atoms with Crippen molar-refractivity contribution in [1.29, 1.82) is 0 Å².